The largest absolute Gasteiger partial charge is 0.497 e. The molecular formula is C24H17Cl2FN2O3. The van der Waals surface area contributed by atoms with E-state index in [1.165, 1.54) is 37.5 Å². The Morgan fingerprint density at radius 3 is 2.53 bits per heavy atom. The lowest BCUT2D eigenvalue weighted by Gasteiger charge is -2.13. The summed E-state index contributed by atoms with van der Waals surface area (Å²) in [6.07, 6.45) is 1.40. The number of nitrogens with zero attached hydrogens (tertiary/aromatic N) is 1. The van der Waals surface area contributed by atoms with Crippen LogP contribution in [0.5, 0.6) is 11.5 Å². The van der Waals surface area contributed by atoms with Gasteiger partial charge in [-0.15, -0.1) is 0 Å². The van der Waals surface area contributed by atoms with Crippen LogP contribution in [0.1, 0.15) is 11.1 Å². The Balaban J connectivity index is 1.86. The molecule has 0 aliphatic heterocycles. The van der Waals surface area contributed by atoms with Crippen LogP contribution in [-0.4, -0.2) is 13.0 Å². The first-order valence-corrected chi connectivity index (χ1v) is 10.1. The average Bonchev–Trinajstić information content (AvgIpc) is 2.78. The number of nitriles is 1. The molecule has 0 fully saturated rings. The number of anilines is 1. The molecule has 3 aromatic rings. The van der Waals surface area contributed by atoms with E-state index in [-0.39, 0.29) is 12.2 Å². The minimum absolute atomic E-state index is 0.133. The van der Waals surface area contributed by atoms with E-state index in [0.717, 1.165) is 0 Å². The first-order valence-electron chi connectivity index (χ1n) is 9.33. The summed E-state index contributed by atoms with van der Waals surface area (Å²) in [6, 6.07) is 17.2. The molecule has 3 rings (SSSR count). The van der Waals surface area contributed by atoms with Gasteiger partial charge < -0.3 is 14.8 Å². The predicted octanol–water partition coefficient (Wildman–Crippen LogP) is 6.27. The molecule has 0 unspecified atom stereocenters. The molecule has 0 atom stereocenters. The molecule has 5 nitrogen and oxygen atoms in total. The molecule has 8 heteroatoms. The fourth-order valence-corrected chi connectivity index (χ4v) is 3.18. The minimum Gasteiger partial charge on any atom is -0.497 e. The van der Waals surface area contributed by atoms with Gasteiger partial charge in [0.25, 0.3) is 5.91 Å². The van der Waals surface area contributed by atoms with Gasteiger partial charge in [0.1, 0.15) is 35.6 Å². The lowest BCUT2D eigenvalue weighted by atomic mass is 10.1. The average molecular weight is 471 g/mol. The van der Waals surface area contributed by atoms with Crippen LogP contribution in [0.15, 0.2) is 66.2 Å². The standard InChI is InChI=1S/C24H17Cl2FN2O3/c1-31-21-9-3-15(23(12-21)32-14-16-2-4-18(25)11-22(16)26)10-17(13-28)24(30)29-20-7-5-19(27)6-8-20/h2-12H,14H2,1H3,(H,29,30)/b17-10+. The van der Waals surface area contributed by atoms with Crippen molar-refractivity contribution in [2.75, 3.05) is 12.4 Å². The highest BCUT2D eigenvalue weighted by atomic mass is 35.5. The quantitative estimate of drug-likeness (QED) is 0.326. The number of hydrogen-bond donors (Lipinski definition) is 1. The zero-order chi connectivity index (χ0) is 23.1. The number of benzene rings is 3. The zero-order valence-electron chi connectivity index (χ0n) is 16.9. The highest BCUT2D eigenvalue weighted by Gasteiger charge is 2.13. The van der Waals surface area contributed by atoms with E-state index in [0.29, 0.717) is 38.4 Å². The van der Waals surface area contributed by atoms with E-state index in [2.05, 4.69) is 5.32 Å². The Kier molecular flexibility index (Phi) is 7.72. The summed E-state index contributed by atoms with van der Waals surface area (Å²) in [5.41, 5.74) is 1.40. The smallest absolute Gasteiger partial charge is 0.266 e. The molecule has 0 spiro atoms. The lowest BCUT2D eigenvalue weighted by molar-refractivity contribution is -0.112. The number of ether oxygens (including phenoxy) is 2. The second kappa shape index (κ2) is 10.7. The van der Waals surface area contributed by atoms with Crippen LogP contribution in [0.4, 0.5) is 10.1 Å². The van der Waals surface area contributed by atoms with Gasteiger partial charge in [0.05, 0.1) is 7.11 Å². The van der Waals surface area contributed by atoms with Crippen molar-refractivity contribution in [1.29, 1.82) is 5.26 Å². The normalized spacial score (nSPS) is 10.9. The SMILES string of the molecule is COc1ccc(/C=C(\C#N)C(=O)Nc2ccc(F)cc2)c(OCc2ccc(Cl)cc2Cl)c1. The second-order valence-electron chi connectivity index (χ2n) is 6.56. The van der Waals surface area contributed by atoms with Gasteiger partial charge in [-0.05, 0) is 54.6 Å². The van der Waals surface area contributed by atoms with Crippen molar-refractivity contribution in [3.8, 4) is 17.6 Å². The zero-order valence-corrected chi connectivity index (χ0v) is 18.4. The molecule has 1 N–H and O–H groups in total. The van der Waals surface area contributed by atoms with Gasteiger partial charge in [0.15, 0.2) is 0 Å². The number of methoxy groups -OCH3 is 1. The van der Waals surface area contributed by atoms with E-state index in [9.17, 15) is 14.4 Å². The number of hydrogen-bond acceptors (Lipinski definition) is 4. The predicted molar refractivity (Wildman–Crippen MR) is 122 cm³/mol. The Hall–Kier alpha value is -3.53. The van der Waals surface area contributed by atoms with Gasteiger partial charge in [0, 0.05) is 32.9 Å². The Morgan fingerprint density at radius 1 is 1.12 bits per heavy atom. The Bertz CT molecular complexity index is 1200. The Morgan fingerprint density at radius 2 is 1.88 bits per heavy atom. The van der Waals surface area contributed by atoms with Crippen LogP contribution in [-0.2, 0) is 11.4 Å². The molecule has 0 aromatic heterocycles. The van der Waals surface area contributed by atoms with Gasteiger partial charge in [-0.25, -0.2) is 4.39 Å². The summed E-state index contributed by atoms with van der Waals surface area (Å²) in [7, 11) is 1.52. The maximum absolute atomic E-state index is 13.1. The first-order chi connectivity index (χ1) is 15.4. The lowest BCUT2D eigenvalue weighted by Crippen LogP contribution is -2.13. The third kappa shape index (κ3) is 6.01. The second-order valence-corrected chi connectivity index (χ2v) is 7.40. The molecule has 0 heterocycles. The van der Waals surface area contributed by atoms with Crippen LogP contribution < -0.4 is 14.8 Å². The molecule has 0 radical (unpaired) electrons. The van der Waals surface area contributed by atoms with Crippen LogP contribution in [0, 0.1) is 17.1 Å². The van der Waals surface area contributed by atoms with E-state index >= 15 is 0 Å². The minimum atomic E-state index is -0.637. The monoisotopic (exact) mass is 470 g/mol. The van der Waals surface area contributed by atoms with Crippen LogP contribution in [0.25, 0.3) is 6.08 Å². The van der Waals surface area contributed by atoms with E-state index < -0.39 is 11.7 Å². The fraction of sp³-hybridized carbons (Fsp3) is 0.0833. The number of carbonyl (C=O) groups is 1. The summed E-state index contributed by atoms with van der Waals surface area (Å²) in [6.45, 7) is 0.133. The molecular weight excluding hydrogens is 454 g/mol. The van der Waals surface area contributed by atoms with E-state index in [1.807, 2.05) is 6.07 Å². The number of rotatable bonds is 7. The summed E-state index contributed by atoms with van der Waals surface area (Å²) in [5, 5.41) is 13.0. The highest BCUT2D eigenvalue weighted by Crippen LogP contribution is 2.29. The molecule has 0 saturated carbocycles. The maximum Gasteiger partial charge on any atom is 0.266 e. The Labute approximate surface area is 194 Å². The number of nitrogens with one attached hydrogen (secondary N) is 1. The van der Waals surface area contributed by atoms with Gasteiger partial charge in [-0.2, -0.15) is 5.26 Å². The molecule has 0 saturated heterocycles. The van der Waals surface area contributed by atoms with Crippen LogP contribution in [0.2, 0.25) is 10.0 Å². The number of amides is 1. The molecule has 0 bridgehead atoms. The fourth-order valence-electron chi connectivity index (χ4n) is 2.72. The summed E-state index contributed by atoms with van der Waals surface area (Å²) >= 11 is 12.1. The summed E-state index contributed by atoms with van der Waals surface area (Å²) in [5.74, 6) is -0.146. The van der Waals surface area contributed by atoms with Crippen molar-refractivity contribution < 1.29 is 18.7 Å². The van der Waals surface area contributed by atoms with E-state index in [4.69, 9.17) is 32.7 Å². The van der Waals surface area contributed by atoms with Crippen molar-refractivity contribution in [3.63, 3.8) is 0 Å². The topological polar surface area (TPSA) is 71.3 Å². The van der Waals surface area contributed by atoms with Crippen LogP contribution >= 0.6 is 23.2 Å². The summed E-state index contributed by atoms with van der Waals surface area (Å²) < 4.78 is 24.2. The number of halogens is 3. The van der Waals surface area contributed by atoms with E-state index in [1.54, 1.807) is 36.4 Å². The third-order valence-corrected chi connectivity index (χ3v) is 4.97. The molecule has 0 aliphatic carbocycles. The first kappa shape index (κ1) is 23.1. The van der Waals surface area contributed by atoms with Crippen LogP contribution in [0.3, 0.4) is 0 Å². The molecule has 3 aromatic carbocycles. The molecule has 32 heavy (non-hydrogen) atoms. The molecule has 1 amide bonds. The maximum atomic E-state index is 13.1. The van der Waals surface area contributed by atoms with Crippen molar-refractivity contribution in [1.82, 2.24) is 0 Å². The molecule has 0 aliphatic rings. The number of carbonyl (C=O) groups excluding carboxylic acids is 1. The van der Waals surface area contributed by atoms with Gasteiger partial charge in [0.2, 0.25) is 0 Å². The van der Waals surface area contributed by atoms with Gasteiger partial charge in [-0.1, -0.05) is 29.3 Å². The summed E-state index contributed by atoms with van der Waals surface area (Å²) in [4.78, 5) is 12.5. The van der Waals surface area contributed by atoms with Gasteiger partial charge >= 0.3 is 0 Å². The van der Waals surface area contributed by atoms with Crippen molar-refractivity contribution in [2.45, 2.75) is 6.61 Å². The van der Waals surface area contributed by atoms with Gasteiger partial charge in [-0.3, -0.25) is 4.79 Å². The van der Waals surface area contributed by atoms with Crippen molar-refractivity contribution in [2.24, 2.45) is 0 Å². The molecule has 162 valence electrons. The third-order valence-electron chi connectivity index (χ3n) is 4.39. The van der Waals surface area contributed by atoms with Crippen molar-refractivity contribution >= 4 is 40.9 Å². The highest BCUT2D eigenvalue weighted by molar-refractivity contribution is 6.35. The van der Waals surface area contributed by atoms with Crippen molar-refractivity contribution in [3.05, 3.63) is 93.2 Å².